The third kappa shape index (κ3) is 4.06. The maximum absolute atomic E-state index is 13.6. The van der Waals surface area contributed by atoms with E-state index in [0.29, 0.717) is 18.7 Å². The van der Waals surface area contributed by atoms with Crippen LogP contribution in [0.1, 0.15) is 18.2 Å². The first-order valence-corrected chi connectivity index (χ1v) is 6.65. The van der Waals surface area contributed by atoms with Crippen molar-refractivity contribution >= 4 is 5.69 Å². The molecule has 1 heterocycles. The van der Waals surface area contributed by atoms with Gasteiger partial charge in [-0.05, 0) is 30.3 Å². The van der Waals surface area contributed by atoms with Crippen LogP contribution < -0.4 is 0 Å². The molecule has 0 aliphatic rings. The van der Waals surface area contributed by atoms with E-state index in [1.807, 2.05) is 25.1 Å². The molecule has 1 aromatic carbocycles. The molecule has 0 amide bonds. The number of nitro benzene ring substituents is 1. The fourth-order valence-corrected chi connectivity index (χ4v) is 2.06. The number of aromatic nitrogens is 1. The van der Waals surface area contributed by atoms with Crippen molar-refractivity contribution in [2.45, 2.75) is 20.0 Å². The lowest BCUT2D eigenvalue weighted by Crippen LogP contribution is -2.22. The Morgan fingerprint density at radius 2 is 2.10 bits per heavy atom. The Kier molecular flexibility index (Phi) is 4.94. The number of hydrogen-bond donors (Lipinski definition) is 0. The van der Waals surface area contributed by atoms with Crippen molar-refractivity contribution in [2.75, 3.05) is 6.54 Å². The van der Waals surface area contributed by atoms with Crippen molar-refractivity contribution in [2.24, 2.45) is 0 Å². The number of benzene rings is 1. The summed E-state index contributed by atoms with van der Waals surface area (Å²) in [5.41, 5.74) is 1.14. The van der Waals surface area contributed by atoms with Crippen LogP contribution in [0, 0.1) is 15.9 Å². The third-order valence-corrected chi connectivity index (χ3v) is 3.17. The van der Waals surface area contributed by atoms with E-state index in [1.165, 1.54) is 12.1 Å². The molecule has 2 rings (SSSR count). The molecule has 0 aliphatic heterocycles. The van der Waals surface area contributed by atoms with Crippen LogP contribution in [0.25, 0.3) is 0 Å². The second-order valence-corrected chi connectivity index (χ2v) is 4.67. The molecule has 1 aromatic heterocycles. The molecule has 0 bridgehead atoms. The zero-order valence-electron chi connectivity index (χ0n) is 11.7. The van der Waals surface area contributed by atoms with Gasteiger partial charge in [-0.15, -0.1) is 0 Å². The van der Waals surface area contributed by atoms with E-state index in [0.717, 1.165) is 12.2 Å². The quantitative estimate of drug-likeness (QED) is 0.605. The molecule has 0 radical (unpaired) electrons. The van der Waals surface area contributed by atoms with Gasteiger partial charge in [-0.2, -0.15) is 4.39 Å². The minimum atomic E-state index is -0.800. The number of nitro groups is 1. The van der Waals surface area contributed by atoms with E-state index in [1.54, 1.807) is 12.3 Å². The smallest absolute Gasteiger partial charge is 0.294 e. The summed E-state index contributed by atoms with van der Waals surface area (Å²) in [5, 5.41) is 10.6. The molecule has 0 saturated heterocycles. The van der Waals surface area contributed by atoms with Gasteiger partial charge in [-0.3, -0.25) is 20.0 Å². The largest absolute Gasteiger partial charge is 0.304 e. The molecule has 0 saturated carbocycles. The lowest BCUT2D eigenvalue weighted by molar-refractivity contribution is -0.387. The summed E-state index contributed by atoms with van der Waals surface area (Å²) >= 11 is 0. The molecule has 0 fully saturated rings. The first kappa shape index (κ1) is 15.1. The maximum atomic E-state index is 13.6. The molecule has 6 heteroatoms. The Labute approximate surface area is 122 Å². The normalized spacial score (nSPS) is 10.8. The summed E-state index contributed by atoms with van der Waals surface area (Å²) < 4.78 is 13.6. The minimum absolute atomic E-state index is 0.494. The van der Waals surface area contributed by atoms with Gasteiger partial charge in [0, 0.05) is 25.4 Å². The van der Waals surface area contributed by atoms with E-state index in [4.69, 9.17) is 0 Å². The number of halogens is 1. The Hall–Kier alpha value is -2.34. The number of pyridine rings is 1. The van der Waals surface area contributed by atoms with Gasteiger partial charge in [0.25, 0.3) is 0 Å². The second-order valence-electron chi connectivity index (χ2n) is 4.67. The fraction of sp³-hybridized carbons (Fsp3) is 0.267. The monoisotopic (exact) mass is 289 g/mol. The Morgan fingerprint density at radius 1 is 1.29 bits per heavy atom. The van der Waals surface area contributed by atoms with Crippen molar-refractivity contribution in [1.82, 2.24) is 9.88 Å². The molecule has 21 heavy (non-hydrogen) atoms. The zero-order chi connectivity index (χ0) is 15.2. The average molecular weight is 289 g/mol. The molecule has 0 N–H and O–H groups in total. The van der Waals surface area contributed by atoms with Crippen molar-refractivity contribution < 1.29 is 9.31 Å². The predicted octanol–water partition coefficient (Wildman–Crippen LogP) is 3.15. The van der Waals surface area contributed by atoms with Gasteiger partial charge < -0.3 is 0 Å². The fourth-order valence-electron chi connectivity index (χ4n) is 2.06. The van der Waals surface area contributed by atoms with Crippen LogP contribution in [0.2, 0.25) is 0 Å². The van der Waals surface area contributed by atoms with Gasteiger partial charge in [-0.25, -0.2) is 0 Å². The van der Waals surface area contributed by atoms with Crippen molar-refractivity contribution in [3.05, 3.63) is 69.8 Å². The summed E-state index contributed by atoms with van der Waals surface area (Å²) in [7, 11) is 0. The summed E-state index contributed by atoms with van der Waals surface area (Å²) in [6.07, 6.45) is 1.73. The Morgan fingerprint density at radius 3 is 2.67 bits per heavy atom. The van der Waals surface area contributed by atoms with E-state index in [9.17, 15) is 14.5 Å². The molecule has 110 valence electrons. The van der Waals surface area contributed by atoms with Gasteiger partial charge in [0.1, 0.15) is 0 Å². The second kappa shape index (κ2) is 6.90. The molecule has 2 aromatic rings. The molecule has 0 unspecified atom stereocenters. The first-order chi connectivity index (χ1) is 10.1. The highest BCUT2D eigenvalue weighted by Crippen LogP contribution is 2.19. The Bertz CT molecular complexity index is 620. The van der Waals surface area contributed by atoms with Crippen molar-refractivity contribution in [1.29, 1.82) is 0 Å². The topological polar surface area (TPSA) is 59.3 Å². The highest BCUT2D eigenvalue weighted by molar-refractivity contribution is 5.35. The zero-order valence-corrected chi connectivity index (χ0v) is 11.7. The highest BCUT2D eigenvalue weighted by atomic mass is 19.1. The van der Waals surface area contributed by atoms with E-state index < -0.39 is 16.4 Å². The lowest BCUT2D eigenvalue weighted by atomic mass is 10.2. The lowest BCUT2D eigenvalue weighted by Gasteiger charge is -2.20. The molecular weight excluding hydrogens is 273 g/mol. The van der Waals surface area contributed by atoms with Crippen molar-refractivity contribution in [3.8, 4) is 0 Å². The summed E-state index contributed by atoms with van der Waals surface area (Å²) in [4.78, 5) is 16.2. The van der Waals surface area contributed by atoms with Crippen LogP contribution >= 0.6 is 0 Å². The number of nitrogens with zero attached hydrogens (tertiary/aromatic N) is 3. The van der Waals surface area contributed by atoms with Gasteiger partial charge in [0.05, 0.1) is 10.6 Å². The van der Waals surface area contributed by atoms with Crippen LogP contribution in [-0.2, 0) is 13.1 Å². The molecule has 0 spiro atoms. The standard InChI is InChI=1S/C15H16FN3O2/c1-2-18(11-13-5-3-4-8-17-13)10-12-6-7-15(19(20)21)14(16)9-12/h3-9H,2,10-11H2,1H3. The van der Waals surface area contributed by atoms with E-state index >= 15 is 0 Å². The molecule has 0 atom stereocenters. The van der Waals surface area contributed by atoms with Crippen LogP contribution in [0.15, 0.2) is 42.6 Å². The van der Waals surface area contributed by atoms with Crippen LogP contribution in [0.3, 0.4) is 0 Å². The summed E-state index contributed by atoms with van der Waals surface area (Å²) in [5.74, 6) is -0.800. The molecule has 0 aliphatic carbocycles. The SMILES string of the molecule is CCN(Cc1ccc([N+](=O)[O-])c(F)c1)Cc1ccccn1. The Balaban J connectivity index is 2.08. The first-order valence-electron chi connectivity index (χ1n) is 6.65. The molecule has 5 nitrogen and oxygen atoms in total. The van der Waals surface area contributed by atoms with Gasteiger partial charge in [0.2, 0.25) is 5.82 Å². The van der Waals surface area contributed by atoms with Crippen LogP contribution in [-0.4, -0.2) is 21.4 Å². The summed E-state index contributed by atoms with van der Waals surface area (Å²) in [6, 6.07) is 9.72. The number of rotatable bonds is 6. The van der Waals surface area contributed by atoms with Gasteiger partial charge >= 0.3 is 5.69 Å². The van der Waals surface area contributed by atoms with E-state index in [2.05, 4.69) is 9.88 Å². The average Bonchev–Trinajstić information content (AvgIpc) is 2.47. The highest BCUT2D eigenvalue weighted by Gasteiger charge is 2.15. The third-order valence-electron chi connectivity index (χ3n) is 3.17. The predicted molar refractivity (Wildman–Crippen MR) is 77.1 cm³/mol. The van der Waals surface area contributed by atoms with E-state index in [-0.39, 0.29) is 0 Å². The number of hydrogen-bond acceptors (Lipinski definition) is 4. The minimum Gasteiger partial charge on any atom is -0.294 e. The van der Waals surface area contributed by atoms with Gasteiger partial charge in [-0.1, -0.05) is 19.1 Å². The van der Waals surface area contributed by atoms with Crippen molar-refractivity contribution in [3.63, 3.8) is 0 Å². The van der Waals surface area contributed by atoms with Gasteiger partial charge in [0.15, 0.2) is 0 Å². The maximum Gasteiger partial charge on any atom is 0.304 e. The van der Waals surface area contributed by atoms with Crippen LogP contribution in [0.5, 0.6) is 0 Å². The summed E-state index contributed by atoms with van der Waals surface area (Å²) in [6.45, 7) is 3.94. The molecular formula is C15H16FN3O2. The van der Waals surface area contributed by atoms with Crippen LogP contribution in [0.4, 0.5) is 10.1 Å².